The molecule has 0 aromatic heterocycles. The highest BCUT2D eigenvalue weighted by Gasteiger charge is 2.41. The molecule has 2 saturated heterocycles. The predicted molar refractivity (Wildman–Crippen MR) is 134 cm³/mol. The monoisotopic (exact) mass is 502 g/mol. The van der Waals surface area contributed by atoms with Crippen LogP contribution >= 0.6 is 0 Å². The molecular formula is C27H35FN2O4S. The summed E-state index contributed by atoms with van der Waals surface area (Å²) in [5, 5.41) is 2.05. The summed E-state index contributed by atoms with van der Waals surface area (Å²) in [6.45, 7) is 3.04. The van der Waals surface area contributed by atoms with Gasteiger partial charge in [-0.2, -0.15) is 4.31 Å². The van der Waals surface area contributed by atoms with Crippen molar-refractivity contribution < 1.29 is 22.3 Å². The molecule has 2 heterocycles. The molecule has 2 aliphatic heterocycles. The molecule has 2 aromatic carbocycles. The number of sulfonamides is 1. The minimum Gasteiger partial charge on any atom is -0.381 e. The molecule has 0 radical (unpaired) electrons. The van der Waals surface area contributed by atoms with E-state index in [0.717, 1.165) is 30.4 Å². The number of amides is 1. The van der Waals surface area contributed by atoms with E-state index in [2.05, 4.69) is 5.32 Å². The summed E-state index contributed by atoms with van der Waals surface area (Å²) in [4.78, 5) is 11.9. The zero-order chi connectivity index (χ0) is 25.1. The van der Waals surface area contributed by atoms with Crippen LogP contribution in [0.4, 0.5) is 4.39 Å². The van der Waals surface area contributed by atoms with E-state index in [0.29, 0.717) is 38.0 Å². The lowest BCUT2D eigenvalue weighted by Crippen LogP contribution is -2.44. The van der Waals surface area contributed by atoms with E-state index in [1.165, 1.54) is 4.31 Å². The van der Waals surface area contributed by atoms with Gasteiger partial charge in [-0.1, -0.05) is 42.5 Å². The fourth-order valence-electron chi connectivity index (χ4n) is 5.45. The number of hydrogen-bond acceptors (Lipinski definition) is 4. The largest absolute Gasteiger partial charge is 0.381 e. The van der Waals surface area contributed by atoms with Crippen LogP contribution in [0.1, 0.15) is 67.4 Å². The highest BCUT2D eigenvalue weighted by molar-refractivity contribution is 7.89. The number of carbonyl (C=O) groups excluding carboxylic acids is 1. The molecule has 2 aromatic rings. The second-order valence-electron chi connectivity index (χ2n) is 9.79. The van der Waals surface area contributed by atoms with E-state index in [9.17, 15) is 13.2 Å². The standard InChI is InChI=1S/C27H35FN2O4S/c1-20-8-11-25(21-6-4-3-5-7-21)35(32,33)30(20)19-22-9-10-23(18-24(22)28)27(13-12-26(31)29-2)14-16-34-17-15-27/h3-7,9-10,18,20,25H,8,11-17,19H2,1-2H3,(H,29,31)/t20-,25+/m0/s1. The third-order valence-electron chi connectivity index (χ3n) is 7.75. The van der Waals surface area contributed by atoms with Crippen molar-refractivity contribution in [3.05, 3.63) is 71.0 Å². The van der Waals surface area contributed by atoms with Gasteiger partial charge < -0.3 is 10.1 Å². The van der Waals surface area contributed by atoms with Gasteiger partial charge in [0.25, 0.3) is 0 Å². The average Bonchev–Trinajstić information content (AvgIpc) is 2.86. The van der Waals surface area contributed by atoms with Gasteiger partial charge in [0.15, 0.2) is 0 Å². The lowest BCUT2D eigenvalue weighted by Gasteiger charge is -2.39. The average molecular weight is 503 g/mol. The zero-order valence-corrected chi connectivity index (χ0v) is 21.3. The van der Waals surface area contributed by atoms with Crippen molar-refractivity contribution in [2.45, 2.75) is 68.7 Å². The molecule has 1 amide bonds. The maximum Gasteiger partial charge on any atom is 0.221 e. The smallest absolute Gasteiger partial charge is 0.221 e. The van der Waals surface area contributed by atoms with Crippen LogP contribution in [-0.4, -0.2) is 44.9 Å². The Morgan fingerprint density at radius 2 is 1.86 bits per heavy atom. The van der Waals surface area contributed by atoms with Crippen LogP contribution in [0, 0.1) is 5.82 Å². The van der Waals surface area contributed by atoms with Crippen molar-refractivity contribution in [2.75, 3.05) is 20.3 Å². The first kappa shape index (κ1) is 25.8. The fraction of sp³-hybridized carbons (Fsp3) is 0.519. The molecule has 2 atom stereocenters. The Morgan fingerprint density at radius 3 is 2.51 bits per heavy atom. The molecule has 0 unspecified atom stereocenters. The molecule has 35 heavy (non-hydrogen) atoms. The molecule has 6 nitrogen and oxygen atoms in total. The van der Waals surface area contributed by atoms with Crippen LogP contribution in [0.3, 0.4) is 0 Å². The van der Waals surface area contributed by atoms with Gasteiger partial charge in [-0.25, -0.2) is 12.8 Å². The molecular weight excluding hydrogens is 467 g/mol. The van der Waals surface area contributed by atoms with Gasteiger partial charge in [0.1, 0.15) is 11.1 Å². The Morgan fingerprint density at radius 1 is 1.14 bits per heavy atom. The Kier molecular flexibility index (Phi) is 7.93. The number of ether oxygens (including phenoxy) is 1. The minimum absolute atomic E-state index is 0.00724. The molecule has 0 saturated carbocycles. The number of halogens is 1. The van der Waals surface area contributed by atoms with Gasteiger partial charge in [-0.15, -0.1) is 0 Å². The van der Waals surface area contributed by atoms with Gasteiger partial charge in [0, 0.05) is 50.2 Å². The van der Waals surface area contributed by atoms with Crippen LogP contribution in [0.25, 0.3) is 0 Å². The first-order valence-corrected chi connectivity index (χ1v) is 13.9. The summed E-state index contributed by atoms with van der Waals surface area (Å²) in [7, 11) is -2.02. The highest BCUT2D eigenvalue weighted by Crippen LogP contribution is 2.41. The number of rotatable bonds is 7. The van der Waals surface area contributed by atoms with E-state index < -0.39 is 21.1 Å². The predicted octanol–water partition coefficient (Wildman–Crippen LogP) is 4.46. The van der Waals surface area contributed by atoms with Crippen molar-refractivity contribution in [1.82, 2.24) is 9.62 Å². The van der Waals surface area contributed by atoms with Gasteiger partial charge >= 0.3 is 0 Å². The summed E-state index contributed by atoms with van der Waals surface area (Å²) >= 11 is 0. The second-order valence-corrected chi connectivity index (χ2v) is 11.9. The molecule has 0 bridgehead atoms. The number of nitrogens with one attached hydrogen (secondary N) is 1. The van der Waals surface area contributed by atoms with Crippen LogP contribution in [0.15, 0.2) is 48.5 Å². The third-order valence-corrected chi connectivity index (χ3v) is 10.1. The summed E-state index contributed by atoms with van der Waals surface area (Å²) in [5.74, 6) is -0.442. The summed E-state index contributed by atoms with van der Waals surface area (Å²) < 4.78 is 49.5. The van der Waals surface area contributed by atoms with Crippen molar-refractivity contribution in [3.63, 3.8) is 0 Å². The lowest BCUT2D eigenvalue weighted by atomic mass is 9.71. The van der Waals surface area contributed by atoms with Crippen molar-refractivity contribution in [3.8, 4) is 0 Å². The Balaban J connectivity index is 1.58. The Labute approximate surface area is 207 Å². The molecule has 190 valence electrons. The maximum absolute atomic E-state index is 15.5. The third kappa shape index (κ3) is 5.44. The number of benzene rings is 2. The van der Waals surface area contributed by atoms with E-state index in [1.807, 2.05) is 43.3 Å². The molecule has 0 aliphatic carbocycles. The van der Waals surface area contributed by atoms with Crippen LogP contribution in [-0.2, 0) is 31.5 Å². The number of hydrogen-bond donors (Lipinski definition) is 1. The van der Waals surface area contributed by atoms with E-state index in [1.54, 1.807) is 19.2 Å². The van der Waals surface area contributed by atoms with Gasteiger partial charge in [0.05, 0.1) is 0 Å². The maximum atomic E-state index is 15.5. The first-order valence-electron chi connectivity index (χ1n) is 12.4. The minimum atomic E-state index is -3.64. The second kappa shape index (κ2) is 10.8. The van der Waals surface area contributed by atoms with Gasteiger partial charge in [-0.05, 0) is 56.2 Å². The number of carbonyl (C=O) groups is 1. The summed E-state index contributed by atoms with van der Waals surface area (Å²) in [5.41, 5.74) is 1.67. The topological polar surface area (TPSA) is 75.7 Å². The molecule has 0 spiro atoms. The van der Waals surface area contributed by atoms with Gasteiger partial charge in [0.2, 0.25) is 15.9 Å². The Hall–Kier alpha value is -2.29. The molecule has 1 N–H and O–H groups in total. The van der Waals surface area contributed by atoms with Gasteiger partial charge in [-0.3, -0.25) is 4.79 Å². The van der Waals surface area contributed by atoms with E-state index in [-0.39, 0.29) is 23.9 Å². The molecule has 2 aliphatic rings. The van der Waals surface area contributed by atoms with Crippen molar-refractivity contribution in [2.24, 2.45) is 0 Å². The van der Waals surface area contributed by atoms with Crippen molar-refractivity contribution in [1.29, 1.82) is 0 Å². The Bertz CT molecular complexity index is 1130. The molecule has 2 fully saturated rings. The normalized spacial score (nSPS) is 24.1. The summed E-state index contributed by atoms with van der Waals surface area (Å²) in [6.07, 6.45) is 3.70. The van der Waals surface area contributed by atoms with Crippen molar-refractivity contribution >= 4 is 15.9 Å². The zero-order valence-electron chi connectivity index (χ0n) is 20.5. The molecule has 8 heteroatoms. The summed E-state index contributed by atoms with van der Waals surface area (Å²) in [6, 6.07) is 14.2. The fourth-order valence-corrected chi connectivity index (χ4v) is 7.64. The number of nitrogens with zero attached hydrogens (tertiary/aromatic N) is 1. The lowest BCUT2D eigenvalue weighted by molar-refractivity contribution is -0.121. The highest BCUT2D eigenvalue weighted by atomic mass is 32.2. The first-order chi connectivity index (χ1) is 16.8. The van der Waals surface area contributed by atoms with Crippen LogP contribution < -0.4 is 5.32 Å². The van der Waals surface area contributed by atoms with Crippen LogP contribution in [0.2, 0.25) is 0 Å². The molecule has 4 rings (SSSR count). The van der Waals surface area contributed by atoms with E-state index in [4.69, 9.17) is 4.74 Å². The van der Waals surface area contributed by atoms with E-state index >= 15 is 4.39 Å². The SMILES string of the molecule is CNC(=O)CCC1(c2ccc(CN3[C@@H](C)CC[C@H](c4ccccc4)S3(=O)=O)c(F)c2)CCOCC1. The quantitative estimate of drug-likeness (QED) is 0.607. The van der Waals surface area contributed by atoms with Crippen LogP contribution in [0.5, 0.6) is 0 Å².